The zero-order valence-electron chi connectivity index (χ0n) is 10.8. The van der Waals surface area contributed by atoms with Crippen molar-refractivity contribution >= 4 is 0 Å². The molecule has 102 valence electrons. The summed E-state index contributed by atoms with van der Waals surface area (Å²) in [5, 5.41) is 0. The predicted octanol–water partition coefficient (Wildman–Crippen LogP) is 5.12. The number of terminal acetylenes is 1. The van der Waals surface area contributed by atoms with Gasteiger partial charge in [-0.05, 0) is 36.5 Å². The second-order valence-corrected chi connectivity index (χ2v) is 5.13. The van der Waals surface area contributed by atoms with Crippen LogP contribution < -0.4 is 0 Å². The van der Waals surface area contributed by atoms with E-state index in [1.54, 1.807) is 12.1 Å². The lowest BCUT2D eigenvalue weighted by Crippen LogP contribution is -2.12. The third kappa shape index (κ3) is 3.32. The fourth-order valence-corrected chi connectivity index (χ4v) is 2.84. The number of hydrogen-bond acceptors (Lipinski definition) is 0. The summed E-state index contributed by atoms with van der Waals surface area (Å²) in [6.07, 6.45) is 6.84. The molecule has 1 aromatic carbocycles. The number of benzene rings is 1. The number of hydrogen-bond donors (Lipinski definition) is 0. The van der Waals surface area contributed by atoms with Crippen LogP contribution in [0.5, 0.6) is 0 Å². The molecule has 1 aliphatic carbocycles. The van der Waals surface area contributed by atoms with Crippen LogP contribution in [-0.4, -0.2) is 0 Å². The van der Waals surface area contributed by atoms with Gasteiger partial charge >= 0.3 is 6.18 Å². The lowest BCUT2D eigenvalue weighted by Gasteiger charge is -2.20. The third-order valence-corrected chi connectivity index (χ3v) is 3.82. The van der Waals surface area contributed by atoms with E-state index >= 15 is 0 Å². The molecule has 0 spiro atoms. The van der Waals surface area contributed by atoms with Crippen LogP contribution in [0.3, 0.4) is 0 Å². The van der Waals surface area contributed by atoms with E-state index in [1.165, 1.54) is 0 Å². The first kappa shape index (κ1) is 14.0. The molecule has 0 unspecified atom stereocenters. The Balaban J connectivity index is 2.41. The van der Waals surface area contributed by atoms with Crippen LogP contribution in [0.25, 0.3) is 0 Å². The fourth-order valence-electron chi connectivity index (χ4n) is 2.84. The van der Waals surface area contributed by atoms with E-state index in [0.29, 0.717) is 11.1 Å². The molecule has 0 aliphatic heterocycles. The van der Waals surface area contributed by atoms with Crippen molar-refractivity contribution in [3.8, 4) is 12.3 Å². The van der Waals surface area contributed by atoms with Crippen molar-refractivity contribution in [2.45, 2.75) is 50.6 Å². The minimum absolute atomic E-state index is 0.0194. The lowest BCUT2D eigenvalue weighted by molar-refractivity contribution is -0.138. The van der Waals surface area contributed by atoms with Crippen LogP contribution in [0, 0.1) is 12.3 Å². The monoisotopic (exact) mass is 266 g/mol. The molecular weight excluding hydrogens is 249 g/mol. The average molecular weight is 266 g/mol. The van der Waals surface area contributed by atoms with Gasteiger partial charge in [-0.2, -0.15) is 13.2 Å². The Morgan fingerprint density at radius 3 is 2.21 bits per heavy atom. The largest absolute Gasteiger partial charge is 0.416 e. The highest BCUT2D eigenvalue weighted by atomic mass is 19.4. The second kappa shape index (κ2) is 5.69. The summed E-state index contributed by atoms with van der Waals surface area (Å²) in [5.41, 5.74) is 0.174. The van der Waals surface area contributed by atoms with Gasteiger partial charge in [0.15, 0.2) is 0 Å². The molecule has 0 aromatic heterocycles. The molecule has 0 amide bonds. The van der Waals surface area contributed by atoms with Crippen LogP contribution in [0.15, 0.2) is 18.2 Å². The Labute approximate surface area is 112 Å². The van der Waals surface area contributed by atoms with E-state index in [2.05, 4.69) is 5.92 Å². The number of alkyl halides is 3. The molecule has 19 heavy (non-hydrogen) atoms. The lowest BCUT2D eigenvalue weighted by atomic mass is 9.87. The fraction of sp³-hybridized carbons (Fsp3) is 0.500. The molecular formula is C16H17F3. The van der Waals surface area contributed by atoms with Gasteiger partial charge in [-0.25, -0.2) is 0 Å². The molecule has 0 nitrogen and oxygen atoms in total. The Bertz CT molecular complexity index is 472. The molecule has 1 saturated carbocycles. The predicted molar refractivity (Wildman–Crippen MR) is 69.8 cm³/mol. The first-order valence-corrected chi connectivity index (χ1v) is 6.70. The van der Waals surface area contributed by atoms with Gasteiger partial charge in [0.05, 0.1) is 5.56 Å². The first-order chi connectivity index (χ1) is 9.02. The van der Waals surface area contributed by atoms with Gasteiger partial charge in [0.1, 0.15) is 0 Å². The molecule has 1 aromatic rings. The van der Waals surface area contributed by atoms with Crippen molar-refractivity contribution in [1.82, 2.24) is 0 Å². The molecule has 1 aliphatic rings. The van der Waals surface area contributed by atoms with Crippen LogP contribution in [0.4, 0.5) is 13.2 Å². The molecule has 0 N–H and O–H groups in total. The smallest absolute Gasteiger partial charge is 0.166 e. The Morgan fingerprint density at radius 1 is 1.05 bits per heavy atom. The zero-order chi connectivity index (χ0) is 13.9. The van der Waals surface area contributed by atoms with Crippen LogP contribution in [0.1, 0.15) is 61.1 Å². The van der Waals surface area contributed by atoms with E-state index in [4.69, 9.17) is 6.42 Å². The normalized spacial score (nSPS) is 17.8. The summed E-state index contributed by atoms with van der Waals surface area (Å²) < 4.78 is 39.5. The highest BCUT2D eigenvalue weighted by molar-refractivity contribution is 5.42. The van der Waals surface area contributed by atoms with Crippen LogP contribution in [0.2, 0.25) is 0 Å². The average Bonchev–Trinajstić information content (AvgIpc) is 2.65. The Kier molecular flexibility index (Phi) is 4.19. The molecule has 0 radical (unpaired) electrons. The topological polar surface area (TPSA) is 0 Å². The van der Waals surface area contributed by atoms with Gasteiger partial charge in [0, 0.05) is 5.56 Å². The molecule has 0 saturated heterocycles. The maximum Gasteiger partial charge on any atom is 0.416 e. The van der Waals surface area contributed by atoms with E-state index in [-0.39, 0.29) is 5.92 Å². The molecule has 0 atom stereocenters. The van der Waals surface area contributed by atoms with Gasteiger partial charge < -0.3 is 0 Å². The standard InChI is InChI=1S/C16H17F3/c1-2-12-9-10-14(15(11-12)16(17,18)19)13-7-5-3-4-6-8-13/h1,9-11,13H,3-8H2. The maximum absolute atomic E-state index is 13.2. The van der Waals surface area contributed by atoms with E-state index in [9.17, 15) is 13.2 Å². The summed E-state index contributed by atoms with van der Waals surface area (Å²) in [5.74, 6) is 2.30. The summed E-state index contributed by atoms with van der Waals surface area (Å²) in [7, 11) is 0. The van der Waals surface area contributed by atoms with Crippen LogP contribution in [-0.2, 0) is 6.18 Å². The van der Waals surface area contributed by atoms with Crippen molar-refractivity contribution in [3.63, 3.8) is 0 Å². The maximum atomic E-state index is 13.2. The quantitative estimate of drug-likeness (QED) is 0.488. The van der Waals surface area contributed by atoms with Gasteiger partial charge in [0.2, 0.25) is 0 Å². The SMILES string of the molecule is C#Cc1ccc(C2CCCCCC2)c(C(F)(F)F)c1. The Hall–Kier alpha value is -1.43. The van der Waals surface area contributed by atoms with E-state index in [1.807, 2.05) is 0 Å². The van der Waals surface area contributed by atoms with Crippen molar-refractivity contribution < 1.29 is 13.2 Å². The number of halogens is 3. The molecule has 3 heteroatoms. The highest BCUT2D eigenvalue weighted by Gasteiger charge is 2.35. The van der Waals surface area contributed by atoms with Crippen molar-refractivity contribution in [1.29, 1.82) is 0 Å². The van der Waals surface area contributed by atoms with Gasteiger partial charge in [-0.3, -0.25) is 0 Å². The summed E-state index contributed by atoms with van der Waals surface area (Å²) >= 11 is 0. The molecule has 1 fully saturated rings. The number of rotatable bonds is 1. The highest BCUT2D eigenvalue weighted by Crippen LogP contribution is 2.40. The zero-order valence-corrected chi connectivity index (χ0v) is 10.8. The Morgan fingerprint density at radius 2 is 1.68 bits per heavy atom. The summed E-state index contributed by atoms with van der Waals surface area (Å²) in [6.45, 7) is 0. The van der Waals surface area contributed by atoms with E-state index < -0.39 is 11.7 Å². The van der Waals surface area contributed by atoms with Gasteiger partial charge in [0.25, 0.3) is 0 Å². The minimum Gasteiger partial charge on any atom is -0.166 e. The van der Waals surface area contributed by atoms with Crippen LogP contribution >= 0.6 is 0 Å². The van der Waals surface area contributed by atoms with Crippen molar-refractivity contribution in [2.75, 3.05) is 0 Å². The second-order valence-electron chi connectivity index (χ2n) is 5.13. The van der Waals surface area contributed by atoms with Crippen molar-refractivity contribution in [2.24, 2.45) is 0 Å². The van der Waals surface area contributed by atoms with Gasteiger partial charge in [-0.15, -0.1) is 6.42 Å². The van der Waals surface area contributed by atoms with Crippen molar-refractivity contribution in [3.05, 3.63) is 34.9 Å². The molecule has 0 bridgehead atoms. The van der Waals surface area contributed by atoms with E-state index in [0.717, 1.165) is 44.6 Å². The third-order valence-electron chi connectivity index (χ3n) is 3.82. The summed E-state index contributed by atoms with van der Waals surface area (Å²) in [6, 6.07) is 4.31. The minimum atomic E-state index is -4.32. The molecule has 2 rings (SSSR count). The molecule has 0 heterocycles. The summed E-state index contributed by atoms with van der Waals surface area (Å²) in [4.78, 5) is 0. The first-order valence-electron chi connectivity index (χ1n) is 6.70. The van der Waals surface area contributed by atoms with Gasteiger partial charge in [-0.1, -0.05) is 37.7 Å².